The van der Waals surface area contributed by atoms with Crippen LogP contribution >= 0.6 is 11.6 Å². The number of benzene rings is 1. The first kappa shape index (κ1) is 15.2. The summed E-state index contributed by atoms with van der Waals surface area (Å²) in [6.45, 7) is 7.27. The highest BCUT2D eigenvalue weighted by Crippen LogP contribution is 2.16. The number of hydrogen-bond donors (Lipinski definition) is 0. The van der Waals surface area contributed by atoms with Gasteiger partial charge in [0.2, 0.25) is 0 Å². The van der Waals surface area contributed by atoms with Crippen molar-refractivity contribution in [1.29, 1.82) is 0 Å². The molecule has 0 spiro atoms. The van der Waals surface area contributed by atoms with Gasteiger partial charge in [-0.05, 0) is 38.1 Å². The first-order valence-corrected chi connectivity index (χ1v) is 7.06. The van der Waals surface area contributed by atoms with E-state index in [0.717, 1.165) is 32.5 Å². The molecule has 0 heterocycles. The largest absolute Gasteiger partial charge is 0.303 e. The van der Waals surface area contributed by atoms with E-state index in [1.54, 1.807) is 12.1 Å². The summed E-state index contributed by atoms with van der Waals surface area (Å²) in [5, 5.41) is 0.556. The third-order valence-electron chi connectivity index (χ3n) is 2.91. The second-order valence-corrected chi connectivity index (χ2v) is 4.90. The van der Waals surface area contributed by atoms with Gasteiger partial charge in [-0.2, -0.15) is 0 Å². The maximum Gasteiger partial charge on any atom is 0.165 e. The van der Waals surface area contributed by atoms with Gasteiger partial charge in [0, 0.05) is 18.5 Å². The smallest absolute Gasteiger partial charge is 0.165 e. The Morgan fingerprint density at radius 1 is 1.11 bits per heavy atom. The summed E-state index contributed by atoms with van der Waals surface area (Å²) >= 11 is 6.02. The Balaban J connectivity index is 2.52. The molecular weight excluding hydrogens is 246 g/mol. The Bertz CT molecular complexity index is 373. The molecule has 0 fully saturated rings. The summed E-state index contributed by atoms with van der Waals surface area (Å²) in [5.74, 6) is 0.137. The Morgan fingerprint density at radius 3 is 2.28 bits per heavy atom. The van der Waals surface area contributed by atoms with Gasteiger partial charge in [0.1, 0.15) is 0 Å². The number of halogens is 1. The van der Waals surface area contributed by atoms with Crippen LogP contribution in [0.15, 0.2) is 24.3 Å². The highest BCUT2D eigenvalue weighted by atomic mass is 35.5. The van der Waals surface area contributed by atoms with Gasteiger partial charge in [-0.25, -0.2) is 0 Å². The molecule has 18 heavy (non-hydrogen) atoms. The van der Waals surface area contributed by atoms with Crippen LogP contribution in [0.3, 0.4) is 0 Å². The SMILES string of the molecule is CCCN(CCC)CCC(=O)c1ccccc1Cl. The molecule has 2 nitrogen and oxygen atoms in total. The van der Waals surface area contributed by atoms with E-state index in [0.29, 0.717) is 17.0 Å². The molecule has 0 aliphatic heterocycles. The Kier molecular flexibility index (Phi) is 6.99. The van der Waals surface area contributed by atoms with Crippen molar-refractivity contribution in [2.45, 2.75) is 33.1 Å². The number of Topliss-reactive ketones (excluding diaryl/α,β-unsaturated/α-hetero) is 1. The summed E-state index contributed by atoms with van der Waals surface area (Å²) in [7, 11) is 0. The average molecular weight is 268 g/mol. The van der Waals surface area contributed by atoms with Crippen LogP contribution in [0.2, 0.25) is 5.02 Å². The van der Waals surface area contributed by atoms with Crippen molar-refractivity contribution in [3.8, 4) is 0 Å². The van der Waals surface area contributed by atoms with E-state index < -0.39 is 0 Å². The van der Waals surface area contributed by atoms with Crippen LogP contribution in [-0.2, 0) is 0 Å². The van der Waals surface area contributed by atoms with Crippen molar-refractivity contribution >= 4 is 17.4 Å². The summed E-state index contributed by atoms with van der Waals surface area (Å²) < 4.78 is 0. The summed E-state index contributed by atoms with van der Waals surface area (Å²) in [5.41, 5.74) is 0.645. The zero-order valence-electron chi connectivity index (χ0n) is 11.3. The maximum absolute atomic E-state index is 12.1. The molecule has 0 N–H and O–H groups in total. The van der Waals surface area contributed by atoms with Crippen LogP contribution in [0.4, 0.5) is 0 Å². The van der Waals surface area contributed by atoms with Gasteiger partial charge in [-0.3, -0.25) is 4.79 Å². The Hall–Kier alpha value is -0.860. The third-order valence-corrected chi connectivity index (χ3v) is 3.24. The summed E-state index contributed by atoms with van der Waals surface area (Å²) in [6.07, 6.45) is 2.80. The second-order valence-electron chi connectivity index (χ2n) is 4.49. The molecule has 1 aromatic rings. The fourth-order valence-electron chi connectivity index (χ4n) is 2.05. The molecule has 1 rings (SSSR count). The van der Waals surface area contributed by atoms with Crippen LogP contribution in [0.1, 0.15) is 43.5 Å². The van der Waals surface area contributed by atoms with Crippen molar-refractivity contribution in [3.63, 3.8) is 0 Å². The molecule has 0 saturated heterocycles. The van der Waals surface area contributed by atoms with E-state index in [2.05, 4.69) is 18.7 Å². The molecule has 3 heteroatoms. The maximum atomic E-state index is 12.1. The van der Waals surface area contributed by atoms with Gasteiger partial charge in [0.25, 0.3) is 0 Å². The van der Waals surface area contributed by atoms with Gasteiger partial charge >= 0.3 is 0 Å². The Morgan fingerprint density at radius 2 is 1.72 bits per heavy atom. The van der Waals surface area contributed by atoms with Gasteiger partial charge in [0.15, 0.2) is 5.78 Å². The second kappa shape index (κ2) is 8.28. The van der Waals surface area contributed by atoms with Crippen molar-refractivity contribution in [3.05, 3.63) is 34.9 Å². The van der Waals surface area contributed by atoms with Crippen LogP contribution in [-0.4, -0.2) is 30.3 Å². The standard InChI is InChI=1S/C15H22ClNO/c1-3-10-17(11-4-2)12-9-15(18)13-7-5-6-8-14(13)16/h5-8H,3-4,9-12H2,1-2H3. The zero-order valence-corrected chi connectivity index (χ0v) is 12.0. The van der Waals surface area contributed by atoms with Crippen LogP contribution in [0.5, 0.6) is 0 Å². The summed E-state index contributed by atoms with van der Waals surface area (Å²) in [4.78, 5) is 14.4. The van der Waals surface area contributed by atoms with Crippen LogP contribution in [0.25, 0.3) is 0 Å². The Labute approximate surface area is 115 Å². The normalized spacial score (nSPS) is 10.9. The lowest BCUT2D eigenvalue weighted by molar-refractivity contribution is 0.0964. The van der Waals surface area contributed by atoms with E-state index in [-0.39, 0.29) is 5.78 Å². The number of carbonyl (C=O) groups is 1. The lowest BCUT2D eigenvalue weighted by Crippen LogP contribution is -2.28. The molecule has 1 aromatic carbocycles. The van der Waals surface area contributed by atoms with E-state index in [9.17, 15) is 4.79 Å². The molecule has 0 saturated carbocycles. The number of rotatable bonds is 8. The molecule has 0 aliphatic carbocycles. The molecule has 100 valence electrons. The molecular formula is C15H22ClNO. The lowest BCUT2D eigenvalue weighted by Gasteiger charge is -2.20. The molecule has 0 radical (unpaired) electrons. The van der Waals surface area contributed by atoms with Crippen molar-refractivity contribution in [2.24, 2.45) is 0 Å². The van der Waals surface area contributed by atoms with E-state index in [4.69, 9.17) is 11.6 Å². The van der Waals surface area contributed by atoms with Gasteiger partial charge in [-0.15, -0.1) is 0 Å². The fraction of sp³-hybridized carbons (Fsp3) is 0.533. The molecule has 0 aliphatic rings. The molecule has 0 amide bonds. The monoisotopic (exact) mass is 267 g/mol. The van der Waals surface area contributed by atoms with Gasteiger partial charge in [0.05, 0.1) is 5.02 Å². The van der Waals surface area contributed by atoms with Gasteiger partial charge in [-0.1, -0.05) is 37.6 Å². The van der Waals surface area contributed by atoms with E-state index in [1.807, 2.05) is 12.1 Å². The minimum Gasteiger partial charge on any atom is -0.303 e. The fourth-order valence-corrected chi connectivity index (χ4v) is 2.29. The highest BCUT2D eigenvalue weighted by Gasteiger charge is 2.11. The topological polar surface area (TPSA) is 20.3 Å². The summed E-state index contributed by atoms with van der Waals surface area (Å²) in [6, 6.07) is 7.27. The minimum absolute atomic E-state index is 0.137. The average Bonchev–Trinajstić information content (AvgIpc) is 2.36. The predicted octanol–water partition coefficient (Wildman–Crippen LogP) is 4.03. The predicted molar refractivity (Wildman–Crippen MR) is 77.4 cm³/mol. The number of nitrogens with zero attached hydrogens (tertiary/aromatic N) is 1. The van der Waals surface area contributed by atoms with Gasteiger partial charge < -0.3 is 4.90 Å². The van der Waals surface area contributed by atoms with E-state index in [1.165, 1.54) is 0 Å². The van der Waals surface area contributed by atoms with Crippen molar-refractivity contribution < 1.29 is 4.79 Å². The molecule has 0 atom stereocenters. The number of carbonyl (C=O) groups excluding carboxylic acids is 1. The zero-order chi connectivity index (χ0) is 13.4. The highest BCUT2D eigenvalue weighted by molar-refractivity contribution is 6.33. The van der Waals surface area contributed by atoms with Crippen LogP contribution in [0, 0.1) is 0 Å². The number of ketones is 1. The first-order valence-electron chi connectivity index (χ1n) is 6.69. The van der Waals surface area contributed by atoms with E-state index >= 15 is 0 Å². The van der Waals surface area contributed by atoms with Crippen LogP contribution < -0.4 is 0 Å². The quantitative estimate of drug-likeness (QED) is 0.663. The van der Waals surface area contributed by atoms with Crippen molar-refractivity contribution in [2.75, 3.05) is 19.6 Å². The lowest BCUT2D eigenvalue weighted by atomic mass is 10.1. The molecule has 0 aromatic heterocycles. The van der Waals surface area contributed by atoms with Crippen molar-refractivity contribution in [1.82, 2.24) is 4.90 Å². The third kappa shape index (κ3) is 4.79. The number of hydrogen-bond acceptors (Lipinski definition) is 2. The first-order chi connectivity index (χ1) is 8.69. The molecule has 0 unspecified atom stereocenters. The minimum atomic E-state index is 0.137. The molecule has 0 bridgehead atoms.